The first-order chi connectivity index (χ1) is 13.3. The number of esters is 1. The number of ether oxygens (including phenoxy) is 2. The fourth-order valence-electron chi connectivity index (χ4n) is 2.21. The maximum atomic E-state index is 11.9. The Morgan fingerprint density at radius 3 is 2.21 bits per heavy atom. The topological polar surface area (TPSA) is 111 Å². The molecule has 0 aromatic heterocycles. The first-order valence-corrected chi connectivity index (χ1v) is 8.40. The van der Waals surface area contributed by atoms with Crippen molar-refractivity contribution in [1.29, 1.82) is 0 Å². The molecule has 2 rings (SSSR count). The van der Waals surface area contributed by atoms with Crippen molar-refractivity contribution in [3.8, 4) is 5.75 Å². The van der Waals surface area contributed by atoms with Crippen LogP contribution in [-0.2, 0) is 19.1 Å². The normalized spacial score (nSPS) is 9.93. The quantitative estimate of drug-likeness (QED) is 0.534. The van der Waals surface area contributed by atoms with Gasteiger partial charge in [0.15, 0.2) is 19.0 Å². The molecule has 0 saturated carbocycles. The van der Waals surface area contributed by atoms with E-state index in [0.717, 1.165) is 0 Å². The standard InChI is InChI=1S/C20H20N2O6/c1-13(23)15-5-3-8-18(9-15)27-12-20(26)28-11-19(25)22-17-7-4-6-16(10-17)21-14(2)24/h3-10H,11-12H2,1-2H3,(H,21,24)(H,22,25). The molecular weight excluding hydrogens is 364 g/mol. The molecule has 0 radical (unpaired) electrons. The van der Waals surface area contributed by atoms with Crippen LogP contribution in [0, 0.1) is 0 Å². The molecule has 0 atom stereocenters. The van der Waals surface area contributed by atoms with Crippen LogP contribution in [0.5, 0.6) is 5.75 Å². The molecule has 0 saturated heterocycles. The molecule has 28 heavy (non-hydrogen) atoms. The molecule has 0 bridgehead atoms. The fraction of sp³-hybridized carbons (Fsp3) is 0.200. The predicted octanol–water partition coefficient (Wildman–Crippen LogP) is 2.41. The monoisotopic (exact) mass is 384 g/mol. The molecule has 2 aromatic rings. The van der Waals surface area contributed by atoms with Gasteiger partial charge in [-0.15, -0.1) is 0 Å². The molecule has 0 aliphatic carbocycles. The van der Waals surface area contributed by atoms with Gasteiger partial charge in [-0.2, -0.15) is 0 Å². The third kappa shape index (κ3) is 6.91. The van der Waals surface area contributed by atoms with Gasteiger partial charge in [0.1, 0.15) is 5.75 Å². The summed E-state index contributed by atoms with van der Waals surface area (Å²) in [5.74, 6) is -1.26. The van der Waals surface area contributed by atoms with Gasteiger partial charge in [-0.25, -0.2) is 4.79 Å². The summed E-state index contributed by atoms with van der Waals surface area (Å²) in [6, 6.07) is 12.9. The highest BCUT2D eigenvalue weighted by Gasteiger charge is 2.10. The molecule has 0 aliphatic heterocycles. The molecular formula is C20H20N2O6. The predicted molar refractivity (Wildman–Crippen MR) is 102 cm³/mol. The van der Waals surface area contributed by atoms with Crippen molar-refractivity contribution in [2.75, 3.05) is 23.8 Å². The Kier molecular flexibility index (Phi) is 7.27. The van der Waals surface area contributed by atoms with Gasteiger partial charge in [-0.3, -0.25) is 14.4 Å². The smallest absolute Gasteiger partial charge is 0.344 e. The Hall–Kier alpha value is -3.68. The van der Waals surface area contributed by atoms with E-state index < -0.39 is 25.1 Å². The lowest BCUT2D eigenvalue weighted by Crippen LogP contribution is -2.23. The van der Waals surface area contributed by atoms with Gasteiger partial charge >= 0.3 is 5.97 Å². The maximum absolute atomic E-state index is 11.9. The Labute approximate surface area is 161 Å². The highest BCUT2D eigenvalue weighted by Crippen LogP contribution is 2.15. The number of benzene rings is 2. The molecule has 0 aliphatic rings. The van der Waals surface area contributed by atoms with E-state index in [1.165, 1.54) is 19.9 Å². The SMILES string of the molecule is CC(=O)Nc1cccc(NC(=O)COC(=O)COc2cccc(C(C)=O)c2)c1. The number of Topliss-reactive ketones (excluding diaryl/α,β-unsaturated/α-hetero) is 1. The van der Waals surface area contributed by atoms with E-state index >= 15 is 0 Å². The van der Waals surface area contributed by atoms with E-state index in [4.69, 9.17) is 9.47 Å². The Morgan fingerprint density at radius 1 is 0.857 bits per heavy atom. The molecule has 0 unspecified atom stereocenters. The molecule has 146 valence electrons. The van der Waals surface area contributed by atoms with Gasteiger partial charge in [-0.1, -0.05) is 18.2 Å². The van der Waals surface area contributed by atoms with Crippen LogP contribution in [0.4, 0.5) is 11.4 Å². The summed E-state index contributed by atoms with van der Waals surface area (Å²) >= 11 is 0. The zero-order chi connectivity index (χ0) is 20.5. The fourth-order valence-corrected chi connectivity index (χ4v) is 2.21. The van der Waals surface area contributed by atoms with Crippen molar-refractivity contribution in [1.82, 2.24) is 0 Å². The zero-order valence-electron chi connectivity index (χ0n) is 15.5. The van der Waals surface area contributed by atoms with Crippen LogP contribution in [0.15, 0.2) is 48.5 Å². The lowest BCUT2D eigenvalue weighted by Gasteiger charge is -2.09. The lowest BCUT2D eigenvalue weighted by molar-refractivity contribution is -0.149. The summed E-state index contributed by atoms with van der Waals surface area (Å²) < 4.78 is 10.1. The molecule has 0 fully saturated rings. The number of hydrogen-bond donors (Lipinski definition) is 2. The van der Waals surface area contributed by atoms with Gasteiger partial charge in [0.25, 0.3) is 5.91 Å². The first-order valence-electron chi connectivity index (χ1n) is 8.40. The second kappa shape index (κ2) is 9.86. The van der Waals surface area contributed by atoms with Crippen LogP contribution in [0.2, 0.25) is 0 Å². The molecule has 0 spiro atoms. The number of carbonyl (C=O) groups excluding carboxylic acids is 4. The van der Waals surface area contributed by atoms with Crippen molar-refractivity contribution in [2.45, 2.75) is 13.8 Å². The van der Waals surface area contributed by atoms with Crippen LogP contribution in [0.1, 0.15) is 24.2 Å². The summed E-state index contributed by atoms with van der Waals surface area (Å²) in [6.07, 6.45) is 0. The average molecular weight is 384 g/mol. The number of rotatable bonds is 8. The van der Waals surface area contributed by atoms with E-state index in [2.05, 4.69) is 10.6 Å². The lowest BCUT2D eigenvalue weighted by atomic mass is 10.1. The third-order valence-electron chi connectivity index (χ3n) is 3.43. The molecule has 8 heteroatoms. The van der Waals surface area contributed by atoms with Crippen LogP contribution < -0.4 is 15.4 Å². The summed E-state index contributed by atoms with van der Waals surface area (Å²) in [5.41, 5.74) is 1.44. The third-order valence-corrected chi connectivity index (χ3v) is 3.43. The minimum atomic E-state index is -0.727. The van der Waals surface area contributed by atoms with Crippen molar-refractivity contribution in [3.05, 3.63) is 54.1 Å². The largest absolute Gasteiger partial charge is 0.482 e. The zero-order valence-corrected chi connectivity index (χ0v) is 15.5. The number of amides is 2. The first kappa shape index (κ1) is 20.6. The number of ketones is 1. The molecule has 8 nitrogen and oxygen atoms in total. The molecule has 0 heterocycles. The van der Waals surface area contributed by atoms with Crippen molar-refractivity contribution in [2.24, 2.45) is 0 Å². The number of hydrogen-bond acceptors (Lipinski definition) is 6. The van der Waals surface area contributed by atoms with Crippen molar-refractivity contribution in [3.63, 3.8) is 0 Å². The Balaban J connectivity index is 1.78. The number of anilines is 2. The van der Waals surface area contributed by atoms with Gasteiger partial charge in [0.2, 0.25) is 5.91 Å². The second-order valence-corrected chi connectivity index (χ2v) is 5.84. The van der Waals surface area contributed by atoms with Crippen molar-refractivity contribution >= 4 is 34.9 Å². The minimum Gasteiger partial charge on any atom is -0.482 e. The van der Waals surface area contributed by atoms with Crippen LogP contribution >= 0.6 is 0 Å². The average Bonchev–Trinajstić information content (AvgIpc) is 2.64. The number of nitrogens with one attached hydrogen (secondary N) is 2. The van der Waals surface area contributed by atoms with Crippen LogP contribution in [0.25, 0.3) is 0 Å². The summed E-state index contributed by atoms with van der Waals surface area (Å²) in [5, 5.41) is 5.16. The Bertz CT molecular complexity index is 894. The highest BCUT2D eigenvalue weighted by atomic mass is 16.6. The Morgan fingerprint density at radius 2 is 1.54 bits per heavy atom. The van der Waals surface area contributed by atoms with E-state index in [0.29, 0.717) is 22.7 Å². The highest BCUT2D eigenvalue weighted by molar-refractivity contribution is 5.95. The van der Waals surface area contributed by atoms with Gasteiger partial charge in [-0.05, 0) is 37.3 Å². The molecule has 2 aromatic carbocycles. The maximum Gasteiger partial charge on any atom is 0.344 e. The van der Waals surface area contributed by atoms with E-state index in [1.807, 2.05) is 0 Å². The minimum absolute atomic E-state index is 0.118. The van der Waals surface area contributed by atoms with E-state index in [-0.39, 0.29) is 11.7 Å². The van der Waals surface area contributed by atoms with Crippen molar-refractivity contribution < 1.29 is 28.7 Å². The van der Waals surface area contributed by atoms with E-state index in [1.54, 1.807) is 42.5 Å². The second-order valence-electron chi connectivity index (χ2n) is 5.84. The summed E-state index contributed by atoms with van der Waals surface area (Å²) in [6.45, 7) is 1.92. The molecule has 2 N–H and O–H groups in total. The van der Waals surface area contributed by atoms with E-state index in [9.17, 15) is 19.2 Å². The van der Waals surface area contributed by atoms with Crippen LogP contribution in [0.3, 0.4) is 0 Å². The summed E-state index contributed by atoms with van der Waals surface area (Å²) in [4.78, 5) is 46.0. The van der Waals surface area contributed by atoms with Gasteiger partial charge in [0, 0.05) is 23.9 Å². The molecule has 2 amide bonds. The number of carbonyl (C=O) groups is 4. The summed E-state index contributed by atoms with van der Waals surface area (Å²) in [7, 11) is 0. The van der Waals surface area contributed by atoms with Crippen LogP contribution in [-0.4, -0.2) is 36.8 Å². The van der Waals surface area contributed by atoms with Gasteiger partial charge < -0.3 is 20.1 Å². The van der Waals surface area contributed by atoms with Gasteiger partial charge in [0.05, 0.1) is 0 Å².